The van der Waals surface area contributed by atoms with E-state index < -0.39 is 5.92 Å². The van der Waals surface area contributed by atoms with Gasteiger partial charge in [0.1, 0.15) is 5.92 Å². The van der Waals surface area contributed by atoms with Crippen LogP contribution in [0.15, 0.2) is 40.9 Å². The van der Waals surface area contributed by atoms with E-state index in [9.17, 15) is 4.79 Å². The van der Waals surface area contributed by atoms with Gasteiger partial charge in [-0.1, -0.05) is 54.0 Å². The van der Waals surface area contributed by atoms with Gasteiger partial charge in [-0.25, -0.2) is 0 Å². The maximum Gasteiger partial charge on any atom is 0.242 e. The highest BCUT2D eigenvalue weighted by Crippen LogP contribution is 2.30. The number of nitriles is 1. The van der Waals surface area contributed by atoms with Crippen LogP contribution in [-0.2, 0) is 4.79 Å². The Morgan fingerprint density at radius 1 is 1.20 bits per heavy atom. The molecule has 4 heteroatoms. The molecular formula is C16H15BrN2O. The fraction of sp³-hybridized carbons (Fsp3) is 0.250. The van der Waals surface area contributed by atoms with Gasteiger partial charge in [-0.3, -0.25) is 4.79 Å². The first-order valence-corrected chi connectivity index (χ1v) is 7.21. The molecule has 1 amide bonds. The average molecular weight is 331 g/mol. The molecule has 1 N–H and O–H groups in total. The minimum absolute atomic E-state index is 0.0123. The van der Waals surface area contributed by atoms with Gasteiger partial charge in [-0.05, 0) is 23.4 Å². The molecular weight excluding hydrogens is 316 g/mol. The summed E-state index contributed by atoms with van der Waals surface area (Å²) in [5, 5.41) is 13.9. The van der Waals surface area contributed by atoms with Crippen molar-refractivity contribution in [1.82, 2.24) is 0 Å². The SMILES string of the molecule is CC(C)C(C#N)C(=O)Nc1ccc(Br)c2ccccc12. The van der Waals surface area contributed by atoms with Crippen LogP contribution in [0.3, 0.4) is 0 Å². The van der Waals surface area contributed by atoms with Crippen molar-refractivity contribution >= 4 is 38.3 Å². The van der Waals surface area contributed by atoms with Crippen molar-refractivity contribution in [2.45, 2.75) is 13.8 Å². The lowest BCUT2D eigenvalue weighted by atomic mass is 9.96. The third-order valence-corrected chi connectivity index (χ3v) is 3.91. The van der Waals surface area contributed by atoms with Crippen molar-refractivity contribution in [3.05, 3.63) is 40.9 Å². The zero-order chi connectivity index (χ0) is 14.7. The van der Waals surface area contributed by atoms with Gasteiger partial charge in [0.2, 0.25) is 5.91 Å². The maximum absolute atomic E-state index is 12.2. The summed E-state index contributed by atoms with van der Waals surface area (Å²) in [6.07, 6.45) is 0. The smallest absolute Gasteiger partial charge is 0.242 e. The Morgan fingerprint density at radius 2 is 1.85 bits per heavy atom. The van der Waals surface area contributed by atoms with Crippen LogP contribution in [0.25, 0.3) is 10.8 Å². The number of fused-ring (bicyclic) bond motifs is 1. The second-order valence-electron chi connectivity index (χ2n) is 4.98. The number of nitrogens with one attached hydrogen (secondary N) is 1. The molecule has 0 bridgehead atoms. The fourth-order valence-electron chi connectivity index (χ4n) is 2.09. The van der Waals surface area contributed by atoms with Crippen molar-refractivity contribution in [3.8, 4) is 6.07 Å². The van der Waals surface area contributed by atoms with Gasteiger partial charge in [0.05, 0.1) is 6.07 Å². The van der Waals surface area contributed by atoms with Crippen molar-refractivity contribution in [2.75, 3.05) is 5.32 Å². The first-order valence-electron chi connectivity index (χ1n) is 6.42. The van der Waals surface area contributed by atoms with E-state index in [0.29, 0.717) is 0 Å². The molecule has 0 aliphatic heterocycles. The van der Waals surface area contributed by atoms with Crippen molar-refractivity contribution in [3.63, 3.8) is 0 Å². The van der Waals surface area contributed by atoms with Crippen LogP contribution in [0, 0.1) is 23.2 Å². The Hall–Kier alpha value is -1.86. The van der Waals surface area contributed by atoms with Gasteiger partial charge < -0.3 is 5.32 Å². The second-order valence-corrected chi connectivity index (χ2v) is 5.83. The summed E-state index contributed by atoms with van der Waals surface area (Å²) in [6.45, 7) is 3.74. The topological polar surface area (TPSA) is 52.9 Å². The lowest BCUT2D eigenvalue weighted by Gasteiger charge is -2.15. The van der Waals surface area contributed by atoms with Crippen LogP contribution < -0.4 is 5.32 Å². The monoisotopic (exact) mass is 330 g/mol. The van der Waals surface area contributed by atoms with Crippen LogP contribution >= 0.6 is 15.9 Å². The van der Waals surface area contributed by atoms with E-state index in [-0.39, 0.29) is 11.8 Å². The molecule has 20 heavy (non-hydrogen) atoms. The number of benzene rings is 2. The number of nitrogens with zero attached hydrogens (tertiary/aromatic N) is 1. The molecule has 0 aliphatic rings. The van der Waals surface area contributed by atoms with E-state index >= 15 is 0 Å². The summed E-state index contributed by atoms with van der Waals surface area (Å²) in [6, 6.07) is 13.6. The quantitative estimate of drug-likeness (QED) is 0.910. The molecule has 1 unspecified atom stereocenters. The lowest BCUT2D eigenvalue weighted by molar-refractivity contribution is -0.119. The number of hydrogen-bond acceptors (Lipinski definition) is 2. The van der Waals surface area contributed by atoms with Gasteiger partial charge in [-0.15, -0.1) is 0 Å². The fourth-order valence-corrected chi connectivity index (χ4v) is 2.57. The minimum atomic E-state index is -0.641. The Balaban J connectivity index is 2.38. The summed E-state index contributed by atoms with van der Waals surface area (Å²) in [5.74, 6) is -0.908. The number of carbonyl (C=O) groups excluding carboxylic acids is 1. The van der Waals surface area contributed by atoms with Crippen LogP contribution in [-0.4, -0.2) is 5.91 Å². The van der Waals surface area contributed by atoms with Gasteiger partial charge in [0.25, 0.3) is 0 Å². The number of carbonyl (C=O) groups is 1. The molecule has 2 aromatic rings. The summed E-state index contributed by atoms with van der Waals surface area (Å²) < 4.78 is 0.979. The summed E-state index contributed by atoms with van der Waals surface area (Å²) in [7, 11) is 0. The Kier molecular flexibility index (Phi) is 4.41. The van der Waals surface area contributed by atoms with Crippen molar-refractivity contribution < 1.29 is 4.79 Å². The van der Waals surface area contributed by atoms with E-state index in [2.05, 4.69) is 27.3 Å². The van der Waals surface area contributed by atoms with E-state index in [1.54, 1.807) is 0 Å². The van der Waals surface area contributed by atoms with Crippen LogP contribution in [0.2, 0.25) is 0 Å². The van der Waals surface area contributed by atoms with E-state index in [1.807, 2.05) is 50.2 Å². The van der Waals surface area contributed by atoms with Crippen molar-refractivity contribution in [1.29, 1.82) is 5.26 Å². The number of halogens is 1. The highest BCUT2D eigenvalue weighted by Gasteiger charge is 2.22. The number of rotatable bonds is 3. The normalized spacial score (nSPS) is 12.2. The molecule has 0 aliphatic carbocycles. The van der Waals surface area contributed by atoms with Crippen LogP contribution in [0.1, 0.15) is 13.8 Å². The molecule has 0 aromatic heterocycles. The molecule has 3 nitrogen and oxygen atoms in total. The molecule has 102 valence electrons. The highest BCUT2D eigenvalue weighted by atomic mass is 79.9. The zero-order valence-corrected chi connectivity index (χ0v) is 12.9. The van der Waals surface area contributed by atoms with Gasteiger partial charge >= 0.3 is 0 Å². The molecule has 0 saturated heterocycles. The predicted octanol–water partition coefficient (Wildman–Crippen LogP) is 4.34. The number of anilines is 1. The predicted molar refractivity (Wildman–Crippen MR) is 84.2 cm³/mol. The first kappa shape index (κ1) is 14.5. The van der Waals surface area contributed by atoms with Crippen molar-refractivity contribution in [2.24, 2.45) is 11.8 Å². The summed E-state index contributed by atoms with van der Waals surface area (Å²) >= 11 is 3.50. The summed E-state index contributed by atoms with van der Waals surface area (Å²) in [5.41, 5.74) is 0.731. The third-order valence-electron chi connectivity index (χ3n) is 3.22. The van der Waals surface area contributed by atoms with Crippen LogP contribution in [0.4, 0.5) is 5.69 Å². The molecule has 0 fully saturated rings. The zero-order valence-electron chi connectivity index (χ0n) is 11.4. The molecule has 2 aromatic carbocycles. The highest BCUT2D eigenvalue weighted by molar-refractivity contribution is 9.10. The minimum Gasteiger partial charge on any atom is -0.324 e. The van der Waals surface area contributed by atoms with E-state index in [4.69, 9.17) is 5.26 Å². The number of amides is 1. The van der Waals surface area contributed by atoms with Gasteiger partial charge in [0.15, 0.2) is 0 Å². The molecule has 2 rings (SSSR count). The third kappa shape index (κ3) is 2.83. The Bertz CT molecular complexity index is 688. The number of hydrogen-bond donors (Lipinski definition) is 1. The second kappa shape index (κ2) is 6.06. The van der Waals surface area contributed by atoms with Gasteiger partial charge in [0, 0.05) is 15.5 Å². The molecule has 0 saturated carbocycles. The van der Waals surface area contributed by atoms with Gasteiger partial charge in [-0.2, -0.15) is 5.26 Å². The largest absolute Gasteiger partial charge is 0.324 e. The maximum atomic E-state index is 12.2. The molecule has 0 radical (unpaired) electrons. The first-order chi connectivity index (χ1) is 9.54. The molecule has 0 heterocycles. The molecule has 1 atom stereocenters. The van der Waals surface area contributed by atoms with E-state index in [1.165, 1.54) is 0 Å². The lowest BCUT2D eigenvalue weighted by Crippen LogP contribution is -2.25. The summed E-state index contributed by atoms with van der Waals surface area (Å²) in [4.78, 5) is 12.2. The Morgan fingerprint density at radius 3 is 2.45 bits per heavy atom. The standard InChI is InChI=1S/C16H15BrN2O/c1-10(2)13(9-18)16(20)19-15-8-7-14(17)11-5-3-4-6-12(11)15/h3-8,10,13H,1-2H3,(H,19,20). The Labute approximate surface area is 126 Å². The average Bonchev–Trinajstić information content (AvgIpc) is 2.42. The van der Waals surface area contributed by atoms with E-state index in [0.717, 1.165) is 20.9 Å². The van der Waals surface area contributed by atoms with Crippen LogP contribution in [0.5, 0.6) is 0 Å². The molecule has 0 spiro atoms.